The highest BCUT2D eigenvalue weighted by Gasteiger charge is 2.36. The molecule has 0 saturated heterocycles. The Labute approximate surface area is 101 Å². The topological polar surface area (TPSA) is 9.23 Å². The Morgan fingerprint density at radius 2 is 2.00 bits per heavy atom. The van der Waals surface area contributed by atoms with Crippen molar-refractivity contribution in [3.63, 3.8) is 0 Å². The fraction of sp³-hybridized carbons (Fsp3) is 0.857. The third-order valence-electron chi connectivity index (χ3n) is 4.32. The summed E-state index contributed by atoms with van der Waals surface area (Å²) in [4.78, 5) is 0. The van der Waals surface area contributed by atoms with E-state index in [-0.39, 0.29) is 5.31 Å². The second kappa shape index (κ2) is 4.47. The van der Waals surface area contributed by atoms with Gasteiger partial charge < -0.3 is 4.74 Å². The lowest BCUT2D eigenvalue weighted by atomic mass is 9.63. The summed E-state index contributed by atoms with van der Waals surface area (Å²) in [6.07, 6.45) is 7.68. The van der Waals surface area contributed by atoms with Gasteiger partial charge in [-0.15, -0.1) is 0 Å². The predicted octanol–water partition coefficient (Wildman–Crippen LogP) is 4.00. The Hall–Kier alpha value is -0.395. The SMILES string of the molecule is [B]C1(C)CCCCCC2C(C)=C(C)OC2C1. The standard InChI is InChI=1S/C14H23BO/c1-10-11(2)16-13-9-14(3,15)8-6-4-5-7-12(10)13/h12-13H,4-9H2,1-3H3. The van der Waals surface area contributed by atoms with Crippen LogP contribution in [0.1, 0.15) is 59.3 Å². The van der Waals surface area contributed by atoms with E-state index in [1.807, 2.05) is 0 Å². The molecule has 2 heteroatoms. The summed E-state index contributed by atoms with van der Waals surface area (Å²) in [5.74, 6) is 1.77. The fourth-order valence-electron chi connectivity index (χ4n) is 3.16. The third kappa shape index (κ3) is 2.47. The number of ether oxygens (including phenoxy) is 1. The highest BCUT2D eigenvalue weighted by molar-refractivity contribution is 6.14. The first-order valence-corrected chi connectivity index (χ1v) is 6.62. The Morgan fingerprint density at radius 1 is 1.25 bits per heavy atom. The number of fused-ring (bicyclic) bond motifs is 1. The molecule has 1 fully saturated rings. The van der Waals surface area contributed by atoms with Crippen LogP contribution in [0.2, 0.25) is 5.31 Å². The average molecular weight is 218 g/mol. The Kier molecular flexibility index (Phi) is 3.37. The zero-order valence-corrected chi connectivity index (χ0v) is 10.9. The number of hydrogen-bond donors (Lipinski definition) is 0. The molecule has 3 unspecified atom stereocenters. The van der Waals surface area contributed by atoms with E-state index in [0.29, 0.717) is 12.0 Å². The summed E-state index contributed by atoms with van der Waals surface area (Å²) in [5, 5.41) is -0.0435. The first kappa shape index (κ1) is 12.1. The summed E-state index contributed by atoms with van der Waals surface area (Å²) < 4.78 is 6.00. The van der Waals surface area contributed by atoms with Crippen LogP contribution >= 0.6 is 0 Å². The average Bonchev–Trinajstić information content (AvgIpc) is 2.46. The zero-order chi connectivity index (χ0) is 11.8. The van der Waals surface area contributed by atoms with Crippen LogP contribution in [0.15, 0.2) is 11.3 Å². The molecular weight excluding hydrogens is 195 g/mol. The first-order valence-electron chi connectivity index (χ1n) is 6.62. The molecule has 0 aromatic heterocycles. The van der Waals surface area contributed by atoms with Crippen LogP contribution in [0.5, 0.6) is 0 Å². The molecule has 1 aliphatic carbocycles. The van der Waals surface area contributed by atoms with Crippen LogP contribution < -0.4 is 0 Å². The third-order valence-corrected chi connectivity index (χ3v) is 4.32. The van der Waals surface area contributed by atoms with E-state index in [0.717, 1.165) is 18.6 Å². The van der Waals surface area contributed by atoms with Crippen LogP contribution in [0, 0.1) is 5.92 Å². The van der Waals surface area contributed by atoms with Gasteiger partial charge in [0.25, 0.3) is 0 Å². The molecule has 1 nitrogen and oxygen atoms in total. The summed E-state index contributed by atoms with van der Waals surface area (Å²) in [7, 11) is 6.37. The van der Waals surface area contributed by atoms with Crippen LogP contribution in [0.25, 0.3) is 0 Å². The van der Waals surface area contributed by atoms with Gasteiger partial charge in [0.15, 0.2) is 0 Å². The van der Waals surface area contributed by atoms with E-state index >= 15 is 0 Å². The largest absolute Gasteiger partial charge is 0.495 e. The van der Waals surface area contributed by atoms with Crippen molar-refractivity contribution in [1.29, 1.82) is 0 Å². The monoisotopic (exact) mass is 218 g/mol. The van der Waals surface area contributed by atoms with E-state index in [9.17, 15) is 0 Å². The Morgan fingerprint density at radius 3 is 2.75 bits per heavy atom. The smallest absolute Gasteiger partial charge is 0.105 e. The van der Waals surface area contributed by atoms with Gasteiger partial charge in [0.2, 0.25) is 0 Å². The van der Waals surface area contributed by atoms with Gasteiger partial charge in [0.05, 0.1) is 13.6 Å². The van der Waals surface area contributed by atoms with Gasteiger partial charge in [0, 0.05) is 5.92 Å². The van der Waals surface area contributed by atoms with Gasteiger partial charge in [-0.1, -0.05) is 37.9 Å². The van der Waals surface area contributed by atoms with Crippen molar-refractivity contribution in [2.45, 2.75) is 70.7 Å². The molecule has 2 radical (unpaired) electrons. The molecule has 0 amide bonds. The van der Waals surface area contributed by atoms with Gasteiger partial charge in [-0.2, -0.15) is 0 Å². The Bertz CT molecular complexity index is 293. The van der Waals surface area contributed by atoms with Gasteiger partial charge in [-0.25, -0.2) is 0 Å². The number of hydrogen-bond acceptors (Lipinski definition) is 1. The van der Waals surface area contributed by atoms with Gasteiger partial charge in [-0.3, -0.25) is 0 Å². The molecule has 1 saturated carbocycles. The lowest BCUT2D eigenvalue weighted by Crippen LogP contribution is -2.24. The fourth-order valence-corrected chi connectivity index (χ4v) is 3.16. The van der Waals surface area contributed by atoms with E-state index < -0.39 is 0 Å². The predicted molar refractivity (Wildman–Crippen MR) is 68.6 cm³/mol. The van der Waals surface area contributed by atoms with Crippen molar-refractivity contribution >= 4 is 7.85 Å². The summed E-state index contributed by atoms with van der Waals surface area (Å²) in [6.45, 7) is 6.51. The molecule has 0 aromatic carbocycles. The lowest BCUT2D eigenvalue weighted by molar-refractivity contribution is 0.0913. The van der Waals surface area contributed by atoms with Gasteiger partial charge >= 0.3 is 0 Å². The number of rotatable bonds is 0. The molecule has 0 N–H and O–H groups in total. The second-order valence-corrected chi connectivity index (χ2v) is 5.96. The highest BCUT2D eigenvalue weighted by atomic mass is 16.5. The van der Waals surface area contributed by atoms with Crippen LogP contribution in [-0.4, -0.2) is 14.0 Å². The van der Waals surface area contributed by atoms with Crippen molar-refractivity contribution in [2.75, 3.05) is 0 Å². The summed E-state index contributed by atoms with van der Waals surface area (Å²) in [5.41, 5.74) is 1.46. The molecule has 0 aromatic rings. The van der Waals surface area contributed by atoms with E-state index in [1.165, 1.54) is 31.3 Å². The van der Waals surface area contributed by atoms with Crippen molar-refractivity contribution in [2.24, 2.45) is 5.92 Å². The maximum atomic E-state index is 6.37. The normalized spacial score (nSPS) is 40.7. The molecule has 2 aliphatic rings. The molecule has 88 valence electrons. The molecular formula is C14H23BO. The molecule has 2 rings (SSSR count). The minimum Gasteiger partial charge on any atom is -0.495 e. The Balaban J connectivity index is 2.14. The number of allylic oxidation sites excluding steroid dienone is 1. The maximum absolute atomic E-state index is 6.37. The molecule has 0 bridgehead atoms. The van der Waals surface area contributed by atoms with Gasteiger partial charge in [0.1, 0.15) is 6.10 Å². The minimum absolute atomic E-state index is 0.0435. The zero-order valence-electron chi connectivity index (χ0n) is 10.9. The summed E-state index contributed by atoms with van der Waals surface area (Å²) in [6, 6.07) is 0. The van der Waals surface area contributed by atoms with E-state index in [4.69, 9.17) is 12.6 Å². The van der Waals surface area contributed by atoms with Crippen LogP contribution in [-0.2, 0) is 4.74 Å². The summed E-state index contributed by atoms with van der Waals surface area (Å²) >= 11 is 0. The van der Waals surface area contributed by atoms with Crippen molar-refractivity contribution in [1.82, 2.24) is 0 Å². The molecule has 1 heterocycles. The van der Waals surface area contributed by atoms with Crippen LogP contribution in [0.3, 0.4) is 0 Å². The minimum atomic E-state index is -0.0435. The second-order valence-electron chi connectivity index (χ2n) is 5.96. The van der Waals surface area contributed by atoms with E-state index in [2.05, 4.69) is 20.8 Å². The molecule has 1 aliphatic heterocycles. The van der Waals surface area contributed by atoms with Crippen molar-refractivity contribution in [3.8, 4) is 0 Å². The highest BCUT2D eigenvalue weighted by Crippen LogP contribution is 2.44. The quantitative estimate of drug-likeness (QED) is 0.558. The van der Waals surface area contributed by atoms with E-state index in [1.54, 1.807) is 0 Å². The van der Waals surface area contributed by atoms with Crippen molar-refractivity contribution < 1.29 is 4.74 Å². The van der Waals surface area contributed by atoms with Gasteiger partial charge in [-0.05, 0) is 32.3 Å². The molecule has 16 heavy (non-hydrogen) atoms. The molecule has 3 atom stereocenters. The lowest BCUT2D eigenvalue weighted by Gasteiger charge is -2.30. The molecule has 0 spiro atoms. The van der Waals surface area contributed by atoms with Crippen LogP contribution in [0.4, 0.5) is 0 Å². The first-order chi connectivity index (χ1) is 7.49. The van der Waals surface area contributed by atoms with Crippen molar-refractivity contribution in [3.05, 3.63) is 11.3 Å². The maximum Gasteiger partial charge on any atom is 0.105 e.